The summed E-state index contributed by atoms with van der Waals surface area (Å²) < 4.78 is 6.88. The van der Waals surface area contributed by atoms with E-state index in [2.05, 4.69) is 10.3 Å². The molecule has 0 saturated carbocycles. The van der Waals surface area contributed by atoms with Crippen molar-refractivity contribution in [2.45, 2.75) is 6.42 Å². The number of aromatic nitrogens is 2. The number of hydrogen-bond acceptors (Lipinski definition) is 4. The Balaban J connectivity index is 1.69. The molecule has 1 saturated heterocycles. The average molecular weight is 299 g/mol. The summed E-state index contributed by atoms with van der Waals surface area (Å²) in [6, 6.07) is 6.84. The molecule has 0 aliphatic carbocycles. The Morgan fingerprint density at radius 1 is 1.32 bits per heavy atom. The lowest BCUT2D eigenvalue weighted by Gasteiger charge is -2.09. The predicted octanol–water partition coefficient (Wildman–Crippen LogP) is 1.63. The van der Waals surface area contributed by atoms with E-state index in [1.165, 1.54) is 0 Å². The molecule has 2 heterocycles. The fourth-order valence-corrected chi connectivity index (χ4v) is 2.40. The Kier molecular flexibility index (Phi) is 4.02. The van der Waals surface area contributed by atoms with E-state index in [0.29, 0.717) is 30.3 Å². The lowest BCUT2D eigenvalue weighted by atomic mass is 10.1. The van der Waals surface area contributed by atoms with Crippen LogP contribution < -0.4 is 5.32 Å². The predicted molar refractivity (Wildman–Crippen MR) is 80.6 cm³/mol. The van der Waals surface area contributed by atoms with E-state index in [4.69, 9.17) is 4.74 Å². The van der Waals surface area contributed by atoms with Crippen molar-refractivity contribution >= 4 is 17.4 Å². The molecule has 1 amide bonds. The molecule has 6 nitrogen and oxygen atoms in total. The Morgan fingerprint density at radius 2 is 2.09 bits per heavy atom. The molecule has 1 unspecified atom stereocenters. The van der Waals surface area contributed by atoms with Crippen LogP contribution in [0.15, 0.2) is 36.7 Å². The fourth-order valence-electron chi connectivity index (χ4n) is 2.40. The number of ether oxygens (including phenoxy) is 1. The van der Waals surface area contributed by atoms with E-state index in [0.717, 1.165) is 6.42 Å². The molecule has 3 rings (SSSR count). The van der Waals surface area contributed by atoms with Gasteiger partial charge in [-0.2, -0.15) is 0 Å². The maximum absolute atomic E-state index is 12.3. The first kappa shape index (κ1) is 14.5. The maximum Gasteiger partial charge on any atom is 0.229 e. The zero-order valence-electron chi connectivity index (χ0n) is 12.3. The van der Waals surface area contributed by atoms with E-state index >= 15 is 0 Å². The fraction of sp³-hybridized carbons (Fsp3) is 0.312. The Labute approximate surface area is 128 Å². The molecule has 1 aliphatic heterocycles. The van der Waals surface area contributed by atoms with Crippen molar-refractivity contribution in [1.29, 1.82) is 0 Å². The highest BCUT2D eigenvalue weighted by Crippen LogP contribution is 2.17. The molecule has 1 fully saturated rings. The van der Waals surface area contributed by atoms with Crippen LogP contribution in [0, 0.1) is 5.92 Å². The van der Waals surface area contributed by atoms with Crippen molar-refractivity contribution < 1.29 is 14.3 Å². The van der Waals surface area contributed by atoms with Crippen LogP contribution >= 0.6 is 0 Å². The highest BCUT2D eigenvalue weighted by Gasteiger charge is 2.23. The molecule has 22 heavy (non-hydrogen) atoms. The van der Waals surface area contributed by atoms with Crippen LogP contribution in [-0.4, -0.2) is 34.5 Å². The van der Waals surface area contributed by atoms with E-state index in [1.54, 1.807) is 48.3 Å². The number of hydrogen-bond donors (Lipinski definition) is 1. The minimum absolute atomic E-state index is 0.0410. The second-order valence-electron chi connectivity index (χ2n) is 5.32. The molecule has 0 radical (unpaired) electrons. The summed E-state index contributed by atoms with van der Waals surface area (Å²) in [5, 5.41) is 2.85. The molecule has 1 aliphatic rings. The van der Waals surface area contributed by atoms with Crippen molar-refractivity contribution in [2.75, 3.05) is 18.5 Å². The van der Waals surface area contributed by atoms with Gasteiger partial charge in [0.25, 0.3) is 0 Å². The second-order valence-corrected chi connectivity index (χ2v) is 5.32. The number of aryl methyl sites for hydroxylation is 1. The smallest absolute Gasteiger partial charge is 0.229 e. The van der Waals surface area contributed by atoms with Crippen molar-refractivity contribution in [1.82, 2.24) is 9.55 Å². The number of benzene rings is 1. The standard InChI is InChI=1S/C16H17N3O3/c1-19-8-7-17-15(19)14(20)11-2-4-13(5-3-11)18-16(21)12-6-9-22-10-12/h2-5,7-8,12H,6,9-10H2,1H3,(H,18,21). The number of amides is 1. The zero-order valence-corrected chi connectivity index (χ0v) is 12.3. The minimum atomic E-state index is -0.144. The van der Waals surface area contributed by atoms with E-state index in [-0.39, 0.29) is 17.6 Å². The Morgan fingerprint density at radius 3 is 2.68 bits per heavy atom. The highest BCUT2D eigenvalue weighted by atomic mass is 16.5. The van der Waals surface area contributed by atoms with Gasteiger partial charge in [0.2, 0.25) is 11.7 Å². The van der Waals surface area contributed by atoms with Gasteiger partial charge >= 0.3 is 0 Å². The average Bonchev–Trinajstić information content (AvgIpc) is 3.18. The van der Waals surface area contributed by atoms with Gasteiger partial charge in [0.15, 0.2) is 5.82 Å². The van der Waals surface area contributed by atoms with Gasteiger partial charge in [-0.15, -0.1) is 0 Å². The van der Waals surface area contributed by atoms with Crippen LogP contribution in [0.4, 0.5) is 5.69 Å². The normalized spacial score (nSPS) is 17.4. The molecule has 0 bridgehead atoms. The van der Waals surface area contributed by atoms with E-state index in [1.807, 2.05) is 0 Å². The molecule has 1 aromatic carbocycles. The van der Waals surface area contributed by atoms with Crippen molar-refractivity contribution in [3.05, 3.63) is 48.0 Å². The summed E-state index contributed by atoms with van der Waals surface area (Å²) in [5.41, 5.74) is 1.21. The first-order chi connectivity index (χ1) is 10.6. The van der Waals surface area contributed by atoms with Gasteiger partial charge in [0, 0.05) is 37.3 Å². The quantitative estimate of drug-likeness (QED) is 0.871. The highest BCUT2D eigenvalue weighted by molar-refractivity contribution is 6.07. The van der Waals surface area contributed by atoms with Gasteiger partial charge in [-0.3, -0.25) is 9.59 Å². The lowest BCUT2D eigenvalue weighted by Crippen LogP contribution is -2.22. The van der Waals surface area contributed by atoms with Gasteiger partial charge in [-0.1, -0.05) is 0 Å². The number of anilines is 1. The molecular weight excluding hydrogens is 282 g/mol. The van der Waals surface area contributed by atoms with Crippen LogP contribution in [0.1, 0.15) is 22.6 Å². The topological polar surface area (TPSA) is 73.2 Å². The van der Waals surface area contributed by atoms with Gasteiger partial charge < -0.3 is 14.6 Å². The molecule has 1 atom stereocenters. The number of ketones is 1. The third kappa shape index (κ3) is 2.92. The first-order valence-electron chi connectivity index (χ1n) is 7.16. The van der Waals surface area contributed by atoms with Crippen molar-refractivity contribution in [3.8, 4) is 0 Å². The summed E-state index contributed by atoms with van der Waals surface area (Å²) in [6.07, 6.45) is 4.07. The SMILES string of the molecule is Cn1ccnc1C(=O)c1ccc(NC(=O)C2CCOC2)cc1. The van der Waals surface area contributed by atoms with Crippen molar-refractivity contribution in [3.63, 3.8) is 0 Å². The van der Waals surface area contributed by atoms with E-state index < -0.39 is 0 Å². The van der Waals surface area contributed by atoms with Crippen molar-refractivity contribution in [2.24, 2.45) is 13.0 Å². The summed E-state index contributed by atoms with van der Waals surface area (Å²) >= 11 is 0. The van der Waals surface area contributed by atoms with Gasteiger partial charge in [-0.05, 0) is 30.7 Å². The largest absolute Gasteiger partial charge is 0.381 e. The number of carbonyl (C=O) groups is 2. The molecule has 2 aromatic rings. The summed E-state index contributed by atoms with van der Waals surface area (Å²) in [7, 11) is 1.78. The minimum Gasteiger partial charge on any atom is -0.381 e. The van der Waals surface area contributed by atoms with Gasteiger partial charge in [0.05, 0.1) is 12.5 Å². The Bertz CT molecular complexity index is 685. The van der Waals surface area contributed by atoms with Crippen LogP contribution in [-0.2, 0) is 16.6 Å². The number of nitrogens with zero attached hydrogens (tertiary/aromatic N) is 2. The number of imidazole rings is 1. The molecule has 1 aromatic heterocycles. The van der Waals surface area contributed by atoms with Gasteiger partial charge in [0.1, 0.15) is 0 Å². The number of rotatable bonds is 4. The third-order valence-corrected chi connectivity index (χ3v) is 3.74. The lowest BCUT2D eigenvalue weighted by molar-refractivity contribution is -0.119. The second kappa shape index (κ2) is 6.11. The maximum atomic E-state index is 12.3. The molecule has 114 valence electrons. The molecule has 6 heteroatoms. The monoisotopic (exact) mass is 299 g/mol. The summed E-state index contributed by atoms with van der Waals surface area (Å²) in [6.45, 7) is 1.11. The zero-order chi connectivity index (χ0) is 15.5. The van der Waals surface area contributed by atoms with Crippen LogP contribution in [0.3, 0.4) is 0 Å². The number of carbonyl (C=O) groups excluding carboxylic acids is 2. The first-order valence-corrected chi connectivity index (χ1v) is 7.16. The van der Waals surface area contributed by atoms with Gasteiger partial charge in [-0.25, -0.2) is 4.98 Å². The van der Waals surface area contributed by atoms with Crippen LogP contribution in [0.25, 0.3) is 0 Å². The molecule has 1 N–H and O–H groups in total. The molecular formula is C16H17N3O3. The summed E-state index contributed by atoms with van der Waals surface area (Å²) in [4.78, 5) is 28.3. The third-order valence-electron chi connectivity index (χ3n) is 3.74. The van der Waals surface area contributed by atoms with Crippen LogP contribution in [0.5, 0.6) is 0 Å². The van der Waals surface area contributed by atoms with Crippen LogP contribution in [0.2, 0.25) is 0 Å². The Hall–Kier alpha value is -2.47. The summed E-state index contributed by atoms with van der Waals surface area (Å²) in [5.74, 6) is 0.115. The number of nitrogens with one attached hydrogen (secondary N) is 1. The molecule has 0 spiro atoms. The van der Waals surface area contributed by atoms with E-state index in [9.17, 15) is 9.59 Å².